The Hall–Kier alpha value is -1.58. The molecule has 0 aromatic rings. The summed E-state index contributed by atoms with van der Waals surface area (Å²) in [5.41, 5.74) is 2.94. The second-order valence-electron chi connectivity index (χ2n) is 2.98. The zero-order valence-corrected chi connectivity index (χ0v) is 10.4. The van der Waals surface area contributed by atoms with E-state index in [4.69, 9.17) is 26.2 Å². The van der Waals surface area contributed by atoms with Gasteiger partial charge in [-0.25, -0.2) is 14.4 Å². The van der Waals surface area contributed by atoms with Crippen molar-refractivity contribution in [1.29, 1.82) is 0 Å². The fraction of sp³-hybridized carbons (Fsp3) is 0.444. The van der Waals surface area contributed by atoms with Crippen molar-refractivity contribution in [2.45, 2.75) is 12.1 Å². The number of aliphatic carboxylic acids is 3. The Morgan fingerprint density at radius 2 is 1.56 bits per heavy atom. The first-order valence-corrected chi connectivity index (χ1v) is 5.90. The predicted octanol–water partition coefficient (Wildman–Crippen LogP) is -0.817. The average Bonchev–Trinajstić information content (AvgIpc) is 2.24. The van der Waals surface area contributed by atoms with Crippen LogP contribution < -0.4 is 5.73 Å². The van der Waals surface area contributed by atoms with Crippen LogP contribution in [0, 0.1) is 0 Å². The smallest absolute Gasteiger partial charge is 0.351 e. The lowest BCUT2D eigenvalue weighted by atomic mass is 10.2. The van der Waals surface area contributed by atoms with Crippen LogP contribution >= 0.6 is 11.8 Å². The molecule has 6 N–H and O–H groups in total. The van der Waals surface area contributed by atoms with Gasteiger partial charge in [-0.15, -0.1) is 0 Å². The van der Waals surface area contributed by atoms with Gasteiger partial charge in [0.1, 0.15) is 0 Å². The van der Waals surface area contributed by atoms with Crippen molar-refractivity contribution in [3.63, 3.8) is 0 Å². The molecule has 0 amide bonds. The summed E-state index contributed by atoms with van der Waals surface area (Å²) in [5, 5.41) is 32.8. The van der Waals surface area contributed by atoms with Crippen LogP contribution in [0.1, 0.15) is 6.42 Å². The number of carboxylic acids is 3. The molecule has 0 spiro atoms. The summed E-state index contributed by atoms with van der Waals surface area (Å²) in [7, 11) is 0. The number of thioether (sulfide) groups is 1. The van der Waals surface area contributed by atoms with Crippen molar-refractivity contribution in [3.8, 4) is 0 Å². The molecule has 0 saturated heterocycles. The molecule has 0 bridgehead atoms. The summed E-state index contributed by atoms with van der Waals surface area (Å²) in [6.45, 7) is 0. The Kier molecular flexibility index (Phi) is 9.86. The maximum atomic E-state index is 10.1. The molecule has 1 atom stereocenters. The van der Waals surface area contributed by atoms with E-state index in [-0.39, 0.29) is 6.42 Å². The van der Waals surface area contributed by atoms with Crippen LogP contribution in [0.25, 0.3) is 0 Å². The molecular weight excluding hydrogens is 266 g/mol. The van der Waals surface area contributed by atoms with Crippen LogP contribution in [0.2, 0.25) is 0 Å². The monoisotopic (exact) mass is 281 g/mol. The third-order valence-electron chi connectivity index (χ3n) is 1.43. The minimum Gasteiger partial charge on any atom is -0.478 e. The molecule has 0 aliphatic rings. The molecule has 9 heteroatoms. The van der Waals surface area contributed by atoms with Gasteiger partial charge in [0.15, 0.2) is 0 Å². The number of hydrogen-bond donors (Lipinski definition) is 5. The van der Waals surface area contributed by atoms with E-state index < -0.39 is 23.6 Å². The summed E-state index contributed by atoms with van der Waals surface area (Å²) < 4.78 is 0. The molecule has 0 aliphatic heterocycles. The van der Waals surface area contributed by atoms with Gasteiger partial charge in [-0.05, 0) is 12.0 Å². The van der Waals surface area contributed by atoms with E-state index in [1.54, 1.807) is 0 Å². The number of aliphatic hydroxyl groups is 1. The van der Waals surface area contributed by atoms with Gasteiger partial charge in [0.25, 0.3) is 0 Å². The lowest BCUT2D eigenvalue weighted by Crippen LogP contribution is -2.48. The van der Waals surface area contributed by atoms with E-state index in [0.29, 0.717) is 17.9 Å². The highest BCUT2D eigenvalue weighted by Crippen LogP contribution is 2.06. The number of carbonyl (C=O) groups is 3. The van der Waals surface area contributed by atoms with E-state index >= 15 is 0 Å². The van der Waals surface area contributed by atoms with Crippen LogP contribution in [-0.2, 0) is 14.4 Å². The Morgan fingerprint density at radius 1 is 1.17 bits per heavy atom. The third-order valence-corrected chi connectivity index (χ3v) is 2.04. The second kappa shape index (κ2) is 9.45. The zero-order valence-electron chi connectivity index (χ0n) is 9.57. The number of hydrogen-bond acceptors (Lipinski definition) is 6. The lowest BCUT2D eigenvalue weighted by Gasteiger charge is -2.15. The number of carboxylic acid groups (broad SMARTS) is 3. The average molecular weight is 281 g/mol. The van der Waals surface area contributed by atoms with Gasteiger partial charge < -0.3 is 20.4 Å². The summed E-state index contributed by atoms with van der Waals surface area (Å²) >= 11 is 1.44. The van der Waals surface area contributed by atoms with Crippen molar-refractivity contribution in [2.24, 2.45) is 5.73 Å². The second-order valence-corrected chi connectivity index (χ2v) is 3.97. The van der Waals surface area contributed by atoms with E-state index in [9.17, 15) is 14.4 Å². The van der Waals surface area contributed by atoms with Crippen LogP contribution in [0.3, 0.4) is 0 Å². The maximum absolute atomic E-state index is 10.1. The molecule has 0 radical (unpaired) electrons. The molecule has 0 rings (SSSR count). The Morgan fingerprint density at radius 3 is 1.78 bits per heavy atom. The normalized spacial score (nSPS) is 13.3. The highest BCUT2D eigenvalue weighted by atomic mass is 32.2. The lowest BCUT2D eigenvalue weighted by molar-refractivity contribution is -0.158. The van der Waals surface area contributed by atoms with Gasteiger partial charge in [-0.1, -0.05) is 0 Å². The van der Waals surface area contributed by atoms with E-state index in [0.717, 1.165) is 0 Å². The summed E-state index contributed by atoms with van der Waals surface area (Å²) in [6.07, 6.45) is 3.01. The molecule has 0 aliphatic carbocycles. The fourth-order valence-electron chi connectivity index (χ4n) is 0.507. The number of nitrogens with two attached hydrogens (primary N) is 1. The van der Waals surface area contributed by atoms with Gasteiger partial charge in [0.2, 0.25) is 5.72 Å². The zero-order chi connectivity index (χ0) is 14.8. The maximum Gasteiger partial charge on any atom is 0.351 e. The molecule has 8 nitrogen and oxygen atoms in total. The summed E-state index contributed by atoms with van der Waals surface area (Å²) in [4.78, 5) is 29.2. The van der Waals surface area contributed by atoms with E-state index in [2.05, 4.69) is 0 Å². The minimum absolute atomic E-state index is 0.0729. The van der Waals surface area contributed by atoms with Crippen molar-refractivity contribution >= 4 is 29.7 Å². The standard InChI is InChI=1S/C5H11NO3S.C4H4O4/c1-10-3-2-5(6,9)4(7)8;5-3(6)1-2-4(7)8/h9H,2-3,6H2,1H3,(H,7,8);1-2H,(H,5,6)(H,7,8)/b;2-1+. The van der Waals surface area contributed by atoms with Crippen molar-refractivity contribution in [3.05, 3.63) is 12.2 Å². The molecule has 0 heterocycles. The first kappa shape index (κ1) is 18.8. The van der Waals surface area contributed by atoms with E-state index in [1.165, 1.54) is 11.8 Å². The topological polar surface area (TPSA) is 158 Å². The Labute approximate surface area is 107 Å². The molecule has 0 aromatic carbocycles. The van der Waals surface area contributed by atoms with Gasteiger partial charge in [-0.2, -0.15) is 11.8 Å². The Balaban J connectivity index is 0. The van der Waals surface area contributed by atoms with Crippen LogP contribution in [0.4, 0.5) is 0 Å². The minimum atomic E-state index is -2.05. The van der Waals surface area contributed by atoms with Crippen LogP contribution in [0.5, 0.6) is 0 Å². The van der Waals surface area contributed by atoms with Gasteiger partial charge in [0, 0.05) is 18.6 Å². The van der Waals surface area contributed by atoms with Crippen molar-refractivity contribution < 1.29 is 34.8 Å². The first-order chi connectivity index (χ1) is 8.13. The summed E-state index contributed by atoms with van der Waals surface area (Å²) in [6, 6.07) is 0. The van der Waals surface area contributed by atoms with Crippen LogP contribution in [-0.4, -0.2) is 56.1 Å². The van der Waals surface area contributed by atoms with Gasteiger partial charge in [-0.3, -0.25) is 5.73 Å². The highest BCUT2D eigenvalue weighted by Gasteiger charge is 2.29. The fourth-order valence-corrected chi connectivity index (χ4v) is 1.02. The highest BCUT2D eigenvalue weighted by molar-refractivity contribution is 7.98. The summed E-state index contributed by atoms with van der Waals surface area (Å²) in [5.74, 6) is -3.35. The van der Waals surface area contributed by atoms with Crippen molar-refractivity contribution in [2.75, 3.05) is 12.0 Å². The Bertz CT molecular complexity index is 311. The quantitative estimate of drug-likeness (QED) is 0.310. The van der Waals surface area contributed by atoms with Crippen molar-refractivity contribution in [1.82, 2.24) is 0 Å². The van der Waals surface area contributed by atoms with Gasteiger partial charge in [0.05, 0.1) is 0 Å². The molecule has 18 heavy (non-hydrogen) atoms. The van der Waals surface area contributed by atoms with Gasteiger partial charge >= 0.3 is 17.9 Å². The SMILES string of the molecule is CSCCC(N)(O)C(=O)O.O=C(O)/C=C/C(=O)O. The molecule has 0 saturated carbocycles. The van der Waals surface area contributed by atoms with Crippen LogP contribution in [0.15, 0.2) is 12.2 Å². The molecule has 104 valence electrons. The largest absolute Gasteiger partial charge is 0.478 e. The molecule has 0 aromatic heterocycles. The molecule has 1 unspecified atom stereocenters. The molecule has 0 fully saturated rings. The third kappa shape index (κ3) is 12.5. The first-order valence-electron chi connectivity index (χ1n) is 4.51. The molecular formula is C9H15NO7S. The number of rotatable bonds is 6. The predicted molar refractivity (Wildman–Crippen MR) is 64.2 cm³/mol. The van der Waals surface area contributed by atoms with E-state index in [1.807, 2.05) is 6.26 Å².